The number of alkyl halides is 4. The van der Waals surface area contributed by atoms with Gasteiger partial charge in [0.2, 0.25) is 17.8 Å². The van der Waals surface area contributed by atoms with E-state index in [4.69, 9.17) is 176 Å². The van der Waals surface area contributed by atoms with Gasteiger partial charge < -0.3 is 119 Å². The number of aromatic nitrogens is 22. The molecule has 28 atom stereocenters. The number of nitrogens with zero attached hydrogens (tertiary/aromatic N) is 19. The molecule has 71 heteroatoms. The summed E-state index contributed by atoms with van der Waals surface area (Å²) >= 11 is 30.1. The van der Waals surface area contributed by atoms with Crippen LogP contribution in [0.1, 0.15) is 50.2 Å². The van der Waals surface area contributed by atoms with Gasteiger partial charge in [0.1, 0.15) is 72.1 Å². The number of anilines is 6. The minimum absolute atomic E-state index is 0.0158. The molecular weight excluding hydrogens is 2020 g/mol. The standard InChI is InChI=1S/2C21H24FN9O9P2S2.C20H22F2N10O9P2S2/c2*22-12-15-11(38-20(12)30-6-26-13-9(23)1-2-25-16(13)30)5-36-41(33,43)39-10-3-8(4-35-42(34,44)40-15)37-19(10)31-7-27-14-17(31)28-21(24)29-18(14)32;21-9-7-3-36-42(34,44)40-13-8(39-18(10(13)22)32-15-11(29-30-32)6(23)1-2-25-15)4-37-43(35,45)41-14(9)19(38-7)31-5-26-12-16(31)27-20(24)28-17(12)33/h2*1-2,6-8,10-12,15,19-20H,3-5H2,(H2,23,25)(H,33,43)(H,34,44)(H3,24,28,29,32);1-2,5,7-10,13-14,18-19H,3-4H2,(H2,23,25)(H,34,44)(H,35,45)(H3,24,27,28,33)/t2*8-,10?,11+,12?,15?,19+,20+,41?,42?;7-,8-,9-,10+,13-,14-,18-,19-,42?,43?/m001/s1. The number of hydrogen-bond donors (Lipinski definition) is 15. The van der Waals surface area contributed by atoms with Gasteiger partial charge in [-0.2, -0.15) is 19.6 Å². The average Bonchev–Trinajstić information content (AvgIpc) is 1.60. The van der Waals surface area contributed by atoms with Gasteiger partial charge in [-0.15, -0.1) is 5.10 Å². The first kappa shape index (κ1) is 94.2. The fourth-order valence-electron chi connectivity index (χ4n) is 15.9. The maximum atomic E-state index is 16.0. The van der Waals surface area contributed by atoms with Gasteiger partial charge >= 0.3 is 40.4 Å². The first-order valence-electron chi connectivity index (χ1n) is 38.8. The van der Waals surface area contributed by atoms with E-state index in [9.17, 15) is 43.4 Å². The summed E-state index contributed by atoms with van der Waals surface area (Å²) in [6.07, 6.45) is -20.5. The Balaban J connectivity index is 0.000000129. The Bertz CT molecular complexity index is 6790. The Hall–Kier alpha value is -7.73. The molecule has 12 unspecified atom stereocenters. The zero-order valence-corrected chi connectivity index (χ0v) is 76.9. The van der Waals surface area contributed by atoms with Crippen molar-refractivity contribution in [3.8, 4) is 0 Å². The van der Waals surface area contributed by atoms with Crippen molar-refractivity contribution in [1.29, 1.82) is 0 Å². The summed E-state index contributed by atoms with van der Waals surface area (Å²) in [6.45, 7) is -28.3. The number of H-pyrrole nitrogens is 3. The SMILES string of the molecule is Nc1nc2c(ncn2[C@@H]2O[C@@H]3COP(=O)(S)OC4C(F)[C@H](n5cnc6c(N)ccnc65)O[C@@H]4COP(O)(=S)OC2C3)c(=O)[nH]1.Nc1nc2c(ncn2[C@@H]2O[C@@H]3COP(O)(=S)OC4C(F)[C@H](n5cnc6c(N)ccnc65)O[C@@H]4COP(O)(=S)OC2C3)c(=O)[nH]1.Nc1nc2c(ncn2[C@@H]2O[C@@H]3COP(O)(=S)O[C@H]4[C@H](F)[C@H](n5nnc6c(N)ccnc65)O[C@@H]4COP(O)(=S)O[C@@H]2[C@@H]3F)c(=O)[nH]1. The second kappa shape index (κ2) is 36.2. The van der Waals surface area contributed by atoms with E-state index < -0.39 is 219 Å². The summed E-state index contributed by atoms with van der Waals surface area (Å²) in [5.74, 6) is -0.580. The molecule has 0 saturated carbocycles. The Kier molecular flexibility index (Phi) is 25.7. The summed E-state index contributed by atoms with van der Waals surface area (Å²) in [7, 11) is 0. The number of hydrogen-bond acceptors (Lipinski definition) is 46. The molecule has 9 fully saturated rings. The van der Waals surface area contributed by atoms with Crippen LogP contribution in [-0.4, -0.2) is 270 Å². The number of fused-ring (bicyclic) bond motifs is 15. The van der Waals surface area contributed by atoms with Crippen molar-refractivity contribution in [2.45, 2.75) is 148 Å². The number of aromatic amines is 3. The van der Waals surface area contributed by atoms with Crippen molar-refractivity contribution in [2.24, 2.45) is 0 Å². The first-order chi connectivity index (χ1) is 63.1. The molecule has 12 aromatic heterocycles. The molecule has 0 spiro atoms. The maximum absolute atomic E-state index is 16.0. The summed E-state index contributed by atoms with van der Waals surface area (Å²) < 4.78 is 187. The number of thiol groups is 1. The summed E-state index contributed by atoms with van der Waals surface area (Å²) in [4.78, 5) is 144. The van der Waals surface area contributed by atoms with Gasteiger partial charge in [0, 0.05) is 31.4 Å². The normalized spacial score (nSPS) is 36.9. The van der Waals surface area contributed by atoms with Crippen molar-refractivity contribution in [3.05, 3.63) is 99.5 Å². The van der Waals surface area contributed by atoms with Crippen LogP contribution in [-0.2, 0) is 146 Å². The lowest BCUT2D eigenvalue weighted by atomic mass is 10.1. The highest BCUT2D eigenvalue weighted by Crippen LogP contribution is 2.61. The summed E-state index contributed by atoms with van der Waals surface area (Å²) in [6, 6.07) is 4.57. The summed E-state index contributed by atoms with van der Waals surface area (Å²) in [5.41, 5.74) is 35.3. The van der Waals surface area contributed by atoms with Crippen molar-refractivity contribution in [3.63, 3.8) is 0 Å². The van der Waals surface area contributed by atoms with E-state index in [1.165, 1.54) is 68.2 Å². The minimum Gasteiger partial charge on any atom is -0.397 e. The molecule has 12 aromatic rings. The highest BCUT2D eigenvalue weighted by atomic mass is 32.7. The van der Waals surface area contributed by atoms with Gasteiger partial charge in [-0.1, -0.05) is 17.5 Å². The lowest BCUT2D eigenvalue weighted by Crippen LogP contribution is -2.34. The molecule has 0 radical (unpaired) electrons. The fourth-order valence-corrected chi connectivity index (χ4v) is 24.6. The molecule has 714 valence electrons. The van der Waals surface area contributed by atoms with Gasteiger partial charge in [-0.3, -0.25) is 74.8 Å². The smallest absolute Gasteiger partial charge is 0.386 e. The van der Waals surface area contributed by atoms with Crippen LogP contribution >= 0.6 is 52.6 Å². The molecular formula is C62H70F4N28O27P6S6. The third-order valence-electron chi connectivity index (χ3n) is 21.7. The lowest BCUT2D eigenvalue weighted by Gasteiger charge is -2.27. The van der Waals surface area contributed by atoms with E-state index >= 15 is 17.6 Å². The van der Waals surface area contributed by atoms with Crippen LogP contribution in [0.4, 0.5) is 52.5 Å². The number of imidazole rings is 5. The van der Waals surface area contributed by atoms with Crippen LogP contribution in [0.25, 0.3) is 67.0 Å². The quantitative estimate of drug-likeness (QED) is 0.0639. The molecule has 0 aromatic carbocycles. The van der Waals surface area contributed by atoms with E-state index in [-0.39, 0.29) is 106 Å². The predicted molar refractivity (Wildman–Crippen MR) is 468 cm³/mol. The number of rotatable bonds is 6. The molecule has 0 amide bonds. The Morgan fingerprint density at radius 1 is 0.368 bits per heavy atom. The molecule has 20 N–H and O–H groups in total. The Morgan fingerprint density at radius 3 is 1.14 bits per heavy atom. The molecule has 9 aliphatic heterocycles. The molecule has 9 saturated heterocycles. The number of nitrogen functional groups attached to an aromatic ring is 6. The topological polar surface area (TPSA) is 736 Å². The minimum atomic E-state index is -4.36. The Morgan fingerprint density at radius 2 is 0.699 bits per heavy atom. The van der Waals surface area contributed by atoms with E-state index in [0.29, 0.717) is 22.4 Å². The second-order valence-electron chi connectivity index (χ2n) is 30.3. The molecule has 55 nitrogen and oxygen atoms in total. The number of nitrogens with one attached hydrogen (secondary N) is 3. The van der Waals surface area contributed by atoms with Crippen LogP contribution in [0, 0.1) is 0 Å². The fraction of sp³-hybridized carbons (Fsp3) is 0.484. The molecule has 9 aliphatic rings. The van der Waals surface area contributed by atoms with Crippen LogP contribution in [0.3, 0.4) is 0 Å². The lowest BCUT2D eigenvalue weighted by molar-refractivity contribution is -0.0617. The molecule has 21 heterocycles. The third-order valence-corrected chi connectivity index (χ3v) is 31.2. The van der Waals surface area contributed by atoms with Gasteiger partial charge in [-0.25, -0.2) is 62.0 Å². The highest BCUT2D eigenvalue weighted by molar-refractivity contribution is 8.44. The van der Waals surface area contributed by atoms with E-state index in [2.05, 4.69) is 92.3 Å². The second-order valence-corrected chi connectivity index (χ2v) is 47.2. The zero-order chi connectivity index (χ0) is 93.8. The molecule has 21 rings (SSSR count). The Labute approximate surface area is 767 Å². The van der Waals surface area contributed by atoms with Gasteiger partial charge in [-0.05, 0) is 77.2 Å². The monoisotopic (exact) mass is 2090 g/mol. The highest BCUT2D eigenvalue weighted by Gasteiger charge is 2.58. The van der Waals surface area contributed by atoms with Crippen molar-refractivity contribution in [1.82, 2.24) is 108 Å². The van der Waals surface area contributed by atoms with Crippen molar-refractivity contribution in [2.75, 3.05) is 74.0 Å². The van der Waals surface area contributed by atoms with Crippen LogP contribution in [0.5, 0.6) is 0 Å². The largest absolute Gasteiger partial charge is 0.397 e. The third kappa shape index (κ3) is 18.8. The average molecular weight is 2090 g/mol. The zero-order valence-electron chi connectivity index (χ0n) is 66.6. The number of ether oxygens (including phenoxy) is 6. The molecule has 6 bridgehead atoms. The van der Waals surface area contributed by atoms with E-state index in [0.717, 1.165) is 15.6 Å². The van der Waals surface area contributed by atoms with Crippen LogP contribution < -0.4 is 51.1 Å². The first-order valence-corrected chi connectivity index (χ1v) is 54.4. The molecule has 0 aliphatic carbocycles. The predicted octanol–water partition coefficient (Wildman–Crippen LogP) is 1.67. The molecule has 133 heavy (non-hydrogen) atoms. The number of pyridine rings is 3. The van der Waals surface area contributed by atoms with Crippen LogP contribution in [0.15, 0.2) is 82.8 Å². The van der Waals surface area contributed by atoms with Crippen molar-refractivity contribution >= 4 is 214 Å². The van der Waals surface area contributed by atoms with E-state index in [1.54, 1.807) is 12.1 Å². The van der Waals surface area contributed by atoms with Crippen molar-refractivity contribution < 1.29 is 129 Å². The van der Waals surface area contributed by atoms with Gasteiger partial charge in [0.25, 0.3) is 16.7 Å². The van der Waals surface area contributed by atoms with E-state index in [1.807, 2.05) is 0 Å². The van der Waals surface area contributed by atoms with Gasteiger partial charge in [0.15, 0.2) is 118 Å². The maximum Gasteiger partial charge on any atom is 0.386 e. The number of halogens is 4. The van der Waals surface area contributed by atoms with Gasteiger partial charge in [0.05, 0.1) is 101 Å². The number of nitrogens with two attached hydrogens (primary N) is 6. The van der Waals surface area contributed by atoms with Crippen LogP contribution in [0.2, 0.25) is 0 Å². The summed E-state index contributed by atoms with van der Waals surface area (Å²) in [5, 5.41) is 7.82.